The van der Waals surface area contributed by atoms with Crippen molar-refractivity contribution in [2.75, 3.05) is 7.11 Å². The third-order valence-corrected chi connectivity index (χ3v) is 3.84. The fourth-order valence-corrected chi connectivity index (χ4v) is 2.80. The summed E-state index contributed by atoms with van der Waals surface area (Å²) in [5, 5.41) is 2.63. The number of nitrogens with one attached hydrogen (secondary N) is 1. The molecule has 1 heterocycles. The second kappa shape index (κ2) is 9.91. The molecule has 10 heteroatoms. The quantitative estimate of drug-likeness (QED) is 0.439. The number of ether oxygens (including phenoxy) is 4. The molecule has 0 unspecified atom stereocenters. The number of hydrogen-bond donors (Lipinski definition) is 2. The zero-order chi connectivity index (χ0) is 20.7. The summed E-state index contributed by atoms with van der Waals surface area (Å²) in [4.78, 5) is 46.6. The topological polar surface area (TPSA) is 143 Å². The largest absolute Gasteiger partial charge is 0.477 e. The summed E-state index contributed by atoms with van der Waals surface area (Å²) >= 11 is 0. The highest BCUT2D eigenvalue weighted by molar-refractivity contribution is 5.86. The summed E-state index contributed by atoms with van der Waals surface area (Å²) in [5.41, 5.74) is 6.08. The van der Waals surface area contributed by atoms with Gasteiger partial charge in [0.25, 0.3) is 0 Å². The van der Waals surface area contributed by atoms with Crippen molar-refractivity contribution < 1.29 is 38.1 Å². The number of carbonyl (C=O) groups excluding carboxylic acids is 4. The van der Waals surface area contributed by atoms with Crippen molar-refractivity contribution in [3.8, 4) is 0 Å². The van der Waals surface area contributed by atoms with Crippen molar-refractivity contribution >= 4 is 23.8 Å². The van der Waals surface area contributed by atoms with Crippen molar-refractivity contribution in [2.45, 2.75) is 64.5 Å². The number of nitrogens with two attached hydrogens (primary N) is 1. The molecule has 0 aromatic heterocycles. The van der Waals surface area contributed by atoms with Gasteiger partial charge in [0, 0.05) is 20.8 Å². The van der Waals surface area contributed by atoms with Gasteiger partial charge in [-0.15, -0.1) is 0 Å². The smallest absolute Gasteiger partial charge is 0.373 e. The lowest BCUT2D eigenvalue weighted by molar-refractivity contribution is -0.181. The van der Waals surface area contributed by atoms with Crippen molar-refractivity contribution in [1.29, 1.82) is 0 Å². The Labute approximate surface area is 157 Å². The van der Waals surface area contributed by atoms with E-state index in [-0.39, 0.29) is 12.2 Å². The van der Waals surface area contributed by atoms with Crippen LogP contribution in [0.1, 0.15) is 34.1 Å². The minimum Gasteiger partial charge on any atom is -0.477 e. The number of rotatable bonds is 7. The SMILES string of the molecule is CC[C@@H](OC(C)=O)[C@@H](OC(C)=O)[C@@H]1OC(C(=O)OC)=C[C@H](N)[C@H]1NC(C)=O. The molecule has 0 spiro atoms. The number of methoxy groups -OCH3 is 1. The molecule has 1 rings (SSSR count). The van der Waals surface area contributed by atoms with Gasteiger partial charge in [-0.2, -0.15) is 0 Å². The van der Waals surface area contributed by atoms with Crippen LogP contribution in [0.2, 0.25) is 0 Å². The molecule has 10 nitrogen and oxygen atoms in total. The Bertz CT molecular complexity index is 618. The van der Waals surface area contributed by atoms with Gasteiger partial charge in [-0.3, -0.25) is 14.4 Å². The number of hydrogen-bond acceptors (Lipinski definition) is 9. The number of amides is 1. The van der Waals surface area contributed by atoms with Crippen molar-refractivity contribution in [3.05, 3.63) is 11.8 Å². The van der Waals surface area contributed by atoms with E-state index in [0.717, 1.165) is 0 Å². The van der Waals surface area contributed by atoms with Crippen LogP contribution in [0.15, 0.2) is 11.8 Å². The van der Waals surface area contributed by atoms with Crippen LogP contribution in [-0.2, 0) is 38.1 Å². The Kier molecular flexibility index (Phi) is 8.23. The molecule has 0 radical (unpaired) electrons. The monoisotopic (exact) mass is 386 g/mol. The van der Waals surface area contributed by atoms with Gasteiger partial charge in [-0.25, -0.2) is 4.79 Å². The van der Waals surface area contributed by atoms with Gasteiger partial charge in [0.05, 0.1) is 19.2 Å². The first-order valence-electron chi connectivity index (χ1n) is 8.44. The van der Waals surface area contributed by atoms with Crippen LogP contribution in [-0.4, -0.2) is 61.3 Å². The van der Waals surface area contributed by atoms with Gasteiger partial charge in [-0.05, 0) is 12.5 Å². The van der Waals surface area contributed by atoms with Gasteiger partial charge in [-0.1, -0.05) is 6.92 Å². The Morgan fingerprint density at radius 3 is 2.22 bits per heavy atom. The van der Waals surface area contributed by atoms with E-state index in [2.05, 4.69) is 10.1 Å². The standard InChI is InChI=1S/C17H26N2O8/c1-6-12(25-9(3)21)15(26-10(4)22)16-14(19-8(2)20)11(18)7-13(27-16)17(23)24-5/h7,11-12,14-16H,6,18H2,1-5H3,(H,19,20)/t11-,12+,14+,15+,16+/m0/s1. The first-order valence-corrected chi connectivity index (χ1v) is 8.44. The normalized spacial score (nSPS) is 23.8. The van der Waals surface area contributed by atoms with E-state index in [4.69, 9.17) is 19.9 Å². The van der Waals surface area contributed by atoms with Gasteiger partial charge in [0.1, 0.15) is 6.10 Å². The van der Waals surface area contributed by atoms with E-state index in [1.165, 1.54) is 34.0 Å². The minimum atomic E-state index is -1.12. The van der Waals surface area contributed by atoms with Crippen molar-refractivity contribution in [3.63, 3.8) is 0 Å². The highest BCUT2D eigenvalue weighted by Gasteiger charge is 2.46. The van der Waals surface area contributed by atoms with Crippen LogP contribution in [0.5, 0.6) is 0 Å². The molecule has 152 valence electrons. The van der Waals surface area contributed by atoms with Gasteiger partial charge in [0.15, 0.2) is 12.2 Å². The summed E-state index contributed by atoms with van der Waals surface area (Å²) in [5.74, 6) is -2.61. The van der Waals surface area contributed by atoms with Crippen molar-refractivity contribution in [1.82, 2.24) is 5.32 Å². The van der Waals surface area contributed by atoms with E-state index in [1.54, 1.807) is 6.92 Å². The lowest BCUT2D eigenvalue weighted by Crippen LogP contribution is -2.62. The molecule has 5 atom stereocenters. The second-order valence-electron chi connectivity index (χ2n) is 6.04. The number of carbonyl (C=O) groups is 4. The fraction of sp³-hybridized carbons (Fsp3) is 0.647. The number of esters is 3. The molecule has 0 aromatic rings. The molecule has 0 aromatic carbocycles. The zero-order valence-corrected chi connectivity index (χ0v) is 16.0. The maximum Gasteiger partial charge on any atom is 0.373 e. The van der Waals surface area contributed by atoms with Crippen LogP contribution in [0, 0.1) is 0 Å². The maximum absolute atomic E-state index is 11.9. The molecule has 1 aliphatic rings. The predicted octanol–water partition coefficient (Wildman–Crippen LogP) is -0.452. The average Bonchev–Trinajstić information content (AvgIpc) is 2.58. The van der Waals surface area contributed by atoms with Crippen molar-refractivity contribution in [2.24, 2.45) is 5.73 Å². The van der Waals surface area contributed by atoms with Crippen LogP contribution in [0.3, 0.4) is 0 Å². The van der Waals surface area contributed by atoms with Crippen LogP contribution in [0.4, 0.5) is 0 Å². The maximum atomic E-state index is 11.9. The molecular weight excluding hydrogens is 360 g/mol. The van der Waals surface area contributed by atoms with E-state index in [1.807, 2.05) is 0 Å². The summed E-state index contributed by atoms with van der Waals surface area (Å²) < 4.78 is 20.9. The zero-order valence-electron chi connectivity index (χ0n) is 16.0. The third kappa shape index (κ3) is 6.24. The fourth-order valence-electron chi connectivity index (χ4n) is 2.80. The van der Waals surface area contributed by atoms with Crippen LogP contribution < -0.4 is 11.1 Å². The molecule has 1 aliphatic heterocycles. The predicted molar refractivity (Wildman–Crippen MR) is 92.0 cm³/mol. The van der Waals surface area contributed by atoms with E-state index in [9.17, 15) is 19.2 Å². The minimum absolute atomic E-state index is 0.188. The molecule has 0 bridgehead atoms. The summed E-state index contributed by atoms with van der Waals surface area (Å²) in [6.07, 6.45) is -1.49. The highest BCUT2D eigenvalue weighted by Crippen LogP contribution is 2.26. The molecular formula is C17H26N2O8. The van der Waals surface area contributed by atoms with E-state index >= 15 is 0 Å². The summed E-state index contributed by atoms with van der Waals surface area (Å²) in [7, 11) is 1.17. The Morgan fingerprint density at radius 2 is 1.78 bits per heavy atom. The summed E-state index contributed by atoms with van der Waals surface area (Å²) in [6.45, 7) is 5.40. The molecule has 27 heavy (non-hydrogen) atoms. The van der Waals surface area contributed by atoms with Gasteiger partial charge in [0.2, 0.25) is 11.7 Å². The first kappa shape index (κ1) is 22.4. The molecule has 0 saturated heterocycles. The van der Waals surface area contributed by atoms with Gasteiger partial charge >= 0.3 is 17.9 Å². The molecule has 0 saturated carbocycles. The molecule has 0 aliphatic carbocycles. The second-order valence-corrected chi connectivity index (χ2v) is 6.04. The van der Waals surface area contributed by atoms with Crippen LogP contribution in [0.25, 0.3) is 0 Å². The molecule has 1 amide bonds. The van der Waals surface area contributed by atoms with Crippen LogP contribution >= 0.6 is 0 Å². The average molecular weight is 386 g/mol. The van der Waals surface area contributed by atoms with E-state index in [0.29, 0.717) is 0 Å². The Hall–Kier alpha value is -2.62. The van der Waals surface area contributed by atoms with E-state index < -0.39 is 54.2 Å². The first-order chi connectivity index (χ1) is 12.6. The Morgan fingerprint density at radius 1 is 1.19 bits per heavy atom. The molecule has 3 N–H and O–H groups in total. The highest BCUT2D eigenvalue weighted by atomic mass is 16.6. The lowest BCUT2D eigenvalue weighted by Gasteiger charge is -2.40. The van der Waals surface area contributed by atoms with Gasteiger partial charge < -0.3 is 30.0 Å². The third-order valence-electron chi connectivity index (χ3n) is 3.84. The molecule has 0 fully saturated rings. The summed E-state index contributed by atoms with van der Waals surface area (Å²) in [6, 6.07) is -1.68. The Balaban J connectivity index is 3.34. The lowest BCUT2D eigenvalue weighted by atomic mass is 9.91.